The fourth-order valence-electron chi connectivity index (χ4n) is 4.61. The van der Waals surface area contributed by atoms with Gasteiger partial charge in [0.05, 0.1) is 24.1 Å². The Morgan fingerprint density at radius 2 is 1.81 bits per heavy atom. The number of rotatable bonds is 2. The molecular weight excluding hydrogens is 394 g/mol. The van der Waals surface area contributed by atoms with Crippen LogP contribution in [-0.2, 0) is 0 Å². The summed E-state index contributed by atoms with van der Waals surface area (Å²) in [6.07, 6.45) is 10.1. The predicted octanol–water partition coefficient (Wildman–Crippen LogP) is 3.77. The summed E-state index contributed by atoms with van der Waals surface area (Å²) < 4.78 is 15.0. The molecular formula is C23H23N5O3. The molecule has 8 heteroatoms. The van der Waals surface area contributed by atoms with E-state index in [4.69, 9.17) is 9.47 Å². The van der Waals surface area contributed by atoms with E-state index < -0.39 is 0 Å². The number of benzene rings is 1. The Morgan fingerprint density at radius 1 is 0.968 bits per heavy atom. The second-order valence-corrected chi connectivity index (χ2v) is 8.24. The zero-order chi connectivity index (χ0) is 20.8. The first kappa shape index (κ1) is 18.4. The number of hydrogen-bond acceptors (Lipinski definition) is 6. The van der Waals surface area contributed by atoms with Crippen LogP contribution in [0.4, 0.5) is 0 Å². The number of hydrogen-bond donors (Lipinski definition) is 0. The van der Waals surface area contributed by atoms with E-state index in [1.165, 1.54) is 19.3 Å². The Balaban J connectivity index is 1.44. The highest BCUT2D eigenvalue weighted by atomic mass is 16.5. The molecule has 0 amide bonds. The first-order valence-electron chi connectivity index (χ1n) is 10.9. The van der Waals surface area contributed by atoms with Gasteiger partial charge in [-0.25, -0.2) is 4.98 Å². The summed E-state index contributed by atoms with van der Waals surface area (Å²) >= 11 is 0. The van der Waals surface area contributed by atoms with Crippen LogP contribution in [0.1, 0.15) is 44.6 Å². The van der Waals surface area contributed by atoms with Gasteiger partial charge in [0, 0.05) is 30.4 Å². The lowest BCUT2D eigenvalue weighted by molar-refractivity contribution is 0.297. The van der Waals surface area contributed by atoms with E-state index in [2.05, 4.69) is 15.1 Å². The lowest BCUT2D eigenvalue weighted by Gasteiger charge is -2.24. The van der Waals surface area contributed by atoms with E-state index in [9.17, 15) is 4.79 Å². The van der Waals surface area contributed by atoms with Crippen molar-refractivity contribution in [3.63, 3.8) is 0 Å². The maximum atomic E-state index is 13.2. The number of aromatic nitrogens is 5. The first-order valence-corrected chi connectivity index (χ1v) is 10.9. The number of fused-ring (bicyclic) bond motifs is 4. The lowest BCUT2D eigenvalue weighted by atomic mass is 9.95. The van der Waals surface area contributed by atoms with Gasteiger partial charge in [-0.2, -0.15) is 9.50 Å². The van der Waals surface area contributed by atoms with Crippen molar-refractivity contribution in [2.24, 2.45) is 0 Å². The normalized spacial score (nSPS) is 17.2. The molecule has 0 spiro atoms. The van der Waals surface area contributed by atoms with Crippen LogP contribution in [0.25, 0.3) is 28.1 Å². The minimum atomic E-state index is -0.00794. The fourth-order valence-corrected chi connectivity index (χ4v) is 4.61. The molecule has 1 aliphatic carbocycles. The molecule has 0 radical (unpaired) electrons. The van der Waals surface area contributed by atoms with Gasteiger partial charge in [0.1, 0.15) is 0 Å². The summed E-state index contributed by atoms with van der Waals surface area (Å²) in [5, 5.41) is 5.23. The van der Waals surface area contributed by atoms with Gasteiger partial charge in [0.25, 0.3) is 11.3 Å². The van der Waals surface area contributed by atoms with Crippen molar-refractivity contribution in [3.8, 4) is 22.9 Å². The van der Waals surface area contributed by atoms with Crippen molar-refractivity contribution in [2.75, 3.05) is 13.2 Å². The molecule has 1 aliphatic heterocycles. The largest absolute Gasteiger partial charge is 0.490 e. The molecule has 0 bridgehead atoms. The maximum Gasteiger partial charge on any atom is 0.261 e. The molecule has 0 N–H and O–H groups in total. The molecule has 8 nitrogen and oxygen atoms in total. The Bertz CT molecular complexity index is 1340. The maximum absolute atomic E-state index is 13.2. The molecule has 0 unspecified atom stereocenters. The lowest BCUT2D eigenvalue weighted by Crippen LogP contribution is -2.26. The van der Waals surface area contributed by atoms with Crippen LogP contribution < -0.4 is 15.0 Å². The van der Waals surface area contributed by atoms with Gasteiger partial charge >= 0.3 is 0 Å². The van der Waals surface area contributed by atoms with Crippen LogP contribution in [0.3, 0.4) is 0 Å². The summed E-state index contributed by atoms with van der Waals surface area (Å²) in [6.45, 7) is 1.27. The highest BCUT2D eigenvalue weighted by Crippen LogP contribution is 2.33. The van der Waals surface area contributed by atoms with E-state index >= 15 is 0 Å². The molecule has 1 aromatic carbocycles. The molecule has 1 saturated carbocycles. The van der Waals surface area contributed by atoms with Crippen LogP contribution in [0.5, 0.6) is 11.5 Å². The Morgan fingerprint density at radius 3 is 2.68 bits per heavy atom. The van der Waals surface area contributed by atoms with E-state index in [1.54, 1.807) is 10.7 Å². The van der Waals surface area contributed by atoms with Crippen LogP contribution in [0.15, 0.2) is 41.5 Å². The summed E-state index contributed by atoms with van der Waals surface area (Å²) in [6, 6.07) is 7.92. The van der Waals surface area contributed by atoms with Crippen molar-refractivity contribution in [2.45, 2.75) is 44.6 Å². The summed E-state index contributed by atoms with van der Waals surface area (Å²) in [5.74, 6) is 2.43. The highest BCUT2D eigenvalue weighted by Gasteiger charge is 2.19. The van der Waals surface area contributed by atoms with Gasteiger partial charge in [-0.05, 0) is 37.1 Å². The predicted molar refractivity (Wildman–Crippen MR) is 116 cm³/mol. The molecule has 3 aromatic heterocycles. The van der Waals surface area contributed by atoms with E-state index in [1.807, 2.05) is 35.0 Å². The third-order valence-corrected chi connectivity index (χ3v) is 6.24. The zero-order valence-corrected chi connectivity index (χ0v) is 17.2. The highest BCUT2D eigenvalue weighted by molar-refractivity contribution is 5.79. The van der Waals surface area contributed by atoms with Crippen LogP contribution in [0.2, 0.25) is 0 Å². The molecule has 31 heavy (non-hydrogen) atoms. The average Bonchev–Trinajstić information content (AvgIpc) is 3.11. The summed E-state index contributed by atoms with van der Waals surface area (Å²) in [5.41, 5.74) is 1.53. The molecule has 158 valence electrons. The minimum absolute atomic E-state index is 0.00794. The quantitative estimate of drug-likeness (QED) is 0.494. The van der Waals surface area contributed by atoms with Gasteiger partial charge in [0.2, 0.25) is 0 Å². The SMILES string of the molecule is O=c1c2cnc3nc(-c4ccc5c(c4)OCCCO5)nn3c2ccn1C1CCCCC1. The van der Waals surface area contributed by atoms with Crippen LogP contribution in [-0.4, -0.2) is 37.4 Å². The Kier molecular flexibility index (Phi) is 4.36. The third kappa shape index (κ3) is 3.13. The standard InChI is InChI=1S/C23H23N5O3/c29-22-17-14-24-23-25-21(15-7-8-19-20(13-15)31-12-4-11-30-19)26-28(23)18(17)9-10-27(22)16-5-2-1-3-6-16/h7-10,13-14,16H,1-6,11-12H2. The van der Waals surface area contributed by atoms with Crippen molar-refractivity contribution in [3.05, 3.63) is 47.0 Å². The Labute approximate surface area is 178 Å². The molecule has 6 rings (SSSR count). The molecule has 1 fully saturated rings. The Hall–Kier alpha value is -3.42. The average molecular weight is 417 g/mol. The molecule has 4 aromatic rings. The van der Waals surface area contributed by atoms with E-state index in [0.29, 0.717) is 36.0 Å². The van der Waals surface area contributed by atoms with Crippen LogP contribution >= 0.6 is 0 Å². The van der Waals surface area contributed by atoms with E-state index in [-0.39, 0.29) is 11.6 Å². The van der Waals surface area contributed by atoms with Crippen molar-refractivity contribution < 1.29 is 9.47 Å². The van der Waals surface area contributed by atoms with Gasteiger partial charge in [-0.3, -0.25) is 4.79 Å². The monoisotopic (exact) mass is 417 g/mol. The minimum Gasteiger partial charge on any atom is -0.490 e. The molecule has 0 saturated heterocycles. The van der Waals surface area contributed by atoms with Crippen LogP contribution in [0, 0.1) is 0 Å². The van der Waals surface area contributed by atoms with Crippen molar-refractivity contribution in [1.82, 2.24) is 24.1 Å². The fraction of sp³-hybridized carbons (Fsp3) is 0.391. The summed E-state index contributed by atoms with van der Waals surface area (Å²) in [7, 11) is 0. The summed E-state index contributed by atoms with van der Waals surface area (Å²) in [4.78, 5) is 22.2. The second kappa shape index (κ2) is 7.37. The molecule has 2 aliphatic rings. The van der Waals surface area contributed by atoms with Gasteiger partial charge in [-0.15, -0.1) is 5.10 Å². The van der Waals surface area contributed by atoms with Gasteiger partial charge in [-0.1, -0.05) is 19.3 Å². The van der Waals surface area contributed by atoms with Gasteiger partial charge < -0.3 is 14.0 Å². The molecule has 0 atom stereocenters. The van der Waals surface area contributed by atoms with Gasteiger partial charge in [0.15, 0.2) is 17.3 Å². The smallest absolute Gasteiger partial charge is 0.261 e. The molecule has 4 heterocycles. The first-order chi connectivity index (χ1) is 15.3. The zero-order valence-electron chi connectivity index (χ0n) is 17.2. The second-order valence-electron chi connectivity index (χ2n) is 8.24. The third-order valence-electron chi connectivity index (χ3n) is 6.24. The van der Waals surface area contributed by atoms with E-state index in [0.717, 1.165) is 36.1 Å². The topological polar surface area (TPSA) is 83.5 Å². The van der Waals surface area contributed by atoms with Crippen molar-refractivity contribution >= 4 is 16.7 Å². The van der Waals surface area contributed by atoms with Crippen molar-refractivity contribution in [1.29, 1.82) is 0 Å². The number of pyridine rings is 1. The number of ether oxygens (including phenoxy) is 2. The number of nitrogens with zero attached hydrogens (tertiary/aromatic N) is 5.